The normalized spacial score (nSPS) is 11.0. The minimum atomic E-state index is -3.94. The highest BCUT2D eigenvalue weighted by atomic mass is 32.2. The average Bonchev–Trinajstić information content (AvgIpc) is 2.75. The van der Waals surface area contributed by atoms with Crippen molar-refractivity contribution in [2.75, 3.05) is 18.9 Å². The predicted molar refractivity (Wildman–Crippen MR) is 112 cm³/mol. The first-order valence-corrected chi connectivity index (χ1v) is 10.5. The van der Waals surface area contributed by atoms with E-state index in [-0.39, 0.29) is 22.1 Å². The summed E-state index contributed by atoms with van der Waals surface area (Å²) in [5.74, 6) is -0.102. The van der Waals surface area contributed by atoms with Crippen LogP contribution in [0.5, 0.6) is 5.75 Å². The molecule has 3 aromatic rings. The van der Waals surface area contributed by atoms with Gasteiger partial charge in [-0.25, -0.2) is 12.8 Å². The number of amides is 1. The third-order valence-electron chi connectivity index (χ3n) is 4.39. The molecule has 0 aliphatic carbocycles. The van der Waals surface area contributed by atoms with Crippen LogP contribution in [0.3, 0.4) is 0 Å². The molecular formula is C22H21FN2O4S. The Hall–Kier alpha value is -3.39. The number of nitrogens with one attached hydrogen (secondary N) is 1. The number of anilines is 1. The summed E-state index contributed by atoms with van der Waals surface area (Å²) in [7, 11) is -0.728. The van der Waals surface area contributed by atoms with Gasteiger partial charge in [-0.15, -0.1) is 0 Å². The predicted octanol–water partition coefficient (Wildman–Crippen LogP) is 3.91. The average molecular weight is 428 g/mol. The van der Waals surface area contributed by atoms with E-state index in [4.69, 9.17) is 4.74 Å². The van der Waals surface area contributed by atoms with Crippen LogP contribution in [0.25, 0.3) is 0 Å². The molecule has 156 valence electrons. The lowest BCUT2D eigenvalue weighted by atomic mass is 10.1. The molecule has 0 saturated heterocycles. The van der Waals surface area contributed by atoms with Gasteiger partial charge in [-0.1, -0.05) is 18.2 Å². The first-order chi connectivity index (χ1) is 14.3. The highest BCUT2D eigenvalue weighted by Crippen LogP contribution is 2.19. The van der Waals surface area contributed by atoms with Gasteiger partial charge in [0.1, 0.15) is 11.6 Å². The standard InChI is InChI=1S/C22H21FN2O4S/c1-25(15-16-5-3-7-20(13-16)29-2)22(26)17-6-4-8-21(14-17)30(27,28)24-19-11-9-18(23)10-12-19/h3-14,24H,15H2,1-2H3. The smallest absolute Gasteiger partial charge is 0.261 e. The van der Waals surface area contributed by atoms with Gasteiger partial charge in [-0.2, -0.15) is 0 Å². The van der Waals surface area contributed by atoms with Crippen LogP contribution >= 0.6 is 0 Å². The lowest BCUT2D eigenvalue weighted by molar-refractivity contribution is 0.0784. The Morgan fingerprint density at radius 1 is 1.03 bits per heavy atom. The summed E-state index contributed by atoms with van der Waals surface area (Å²) in [6, 6.07) is 18.1. The van der Waals surface area contributed by atoms with Gasteiger partial charge in [0.05, 0.1) is 12.0 Å². The van der Waals surface area contributed by atoms with E-state index < -0.39 is 15.8 Å². The van der Waals surface area contributed by atoms with E-state index in [0.717, 1.165) is 17.7 Å². The Kier molecular flexibility index (Phi) is 6.37. The highest BCUT2D eigenvalue weighted by Gasteiger charge is 2.18. The van der Waals surface area contributed by atoms with Crippen molar-refractivity contribution in [1.29, 1.82) is 0 Å². The number of carbonyl (C=O) groups is 1. The number of sulfonamides is 1. The maximum atomic E-state index is 13.0. The summed E-state index contributed by atoms with van der Waals surface area (Å²) < 4.78 is 45.9. The number of benzene rings is 3. The second-order valence-electron chi connectivity index (χ2n) is 6.65. The Labute approximate surface area is 175 Å². The van der Waals surface area contributed by atoms with Gasteiger partial charge in [0.15, 0.2) is 0 Å². The third-order valence-corrected chi connectivity index (χ3v) is 5.77. The maximum Gasteiger partial charge on any atom is 0.261 e. The molecule has 6 nitrogen and oxygen atoms in total. The van der Waals surface area contributed by atoms with Gasteiger partial charge in [-0.3, -0.25) is 9.52 Å². The second kappa shape index (κ2) is 8.96. The van der Waals surface area contributed by atoms with Crippen LogP contribution in [-0.4, -0.2) is 33.4 Å². The van der Waals surface area contributed by atoms with Crippen LogP contribution < -0.4 is 9.46 Å². The molecule has 0 bridgehead atoms. The van der Waals surface area contributed by atoms with Crippen molar-refractivity contribution in [2.24, 2.45) is 0 Å². The van der Waals surface area contributed by atoms with E-state index in [2.05, 4.69) is 4.72 Å². The van der Waals surface area contributed by atoms with Gasteiger partial charge in [-0.05, 0) is 60.2 Å². The van der Waals surface area contributed by atoms with Crippen molar-refractivity contribution in [1.82, 2.24) is 4.90 Å². The molecule has 0 unspecified atom stereocenters. The number of hydrogen-bond donors (Lipinski definition) is 1. The molecule has 0 aliphatic heterocycles. The zero-order valence-electron chi connectivity index (χ0n) is 16.5. The Bertz CT molecular complexity index is 1150. The molecule has 0 saturated carbocycles. The zero-order valence-corrected chi connectivity index (χ0v) is 17.3. The molecule has 0 heterocycles. The van der Waals surface area contributed by atoms with E-state index in [9.17, 15) is 17.6 Å². The molecule has 0 fully saturated rings. The summed E-state index contributed by atoms with van der Waals surface area (Å²) in [6.07, 6.45) is 0. The Morgan fingerprint density at radius 2 is 1.73 bits per heavy atom. The summed E-state index contributed by atoms with van der Waals surface area (Å²) in [4.78, 5) is 14.2. The van der Waals surface area contributed by atoms with E-state index in [1.165, 1.54) is 35.2 Å². The second-order valence-corrected chi connectivity index (χ2v) is 8.34. The van der Waals surface area contributed by atoms with Crippen LogP contribution in [0.1, 0.15) is 15.9 Å². The van der Waals surface area contributed by atoms with Crippen molar-refractivity contribution in [2.45, 2.75) is 11.4 Å². The number of methoxy groups -OCH3 is 1. The number of halogens is 1. The molecular weight excluding hydrogens is 407 g/mol. The SMILES string of the molecule is COc1cccc(CN(C)C(=O)c2cccc(S(=O)(=O)Nc3ccc(F)cc3)c2)c1. The van der Waals surface area contributed by atoms with E-state index in [1.54, 1.807) is 20.2 Å². The fraction of sp³-hybridized carbons (Fsp3) is 0.136. The van der Waals surface area contributed by atoms with Crippen LogP contribution in [-0.2, 0) is 16.6 Å². The van der Waals surface area contributed by atoms with Gasteiger partial charge in [0, 0.05) is 24.8 Å². The van der Waals surface area contributed by atoms with Crippen molar-refractivity contribution in [3.63, 3.8) is 0 Å². The largest absolute Gasteiger partial charge is 0.497 e. The number of carbonyl (C=O) groups excluding carboxylic acids is 1. The minimum absolute atomic E-state index is 0.0625. The number of nitrogens with zero attached hydrogens (tertiary/aromatic N) is 1. The fourth-order valence-corrected chi connectivity index (χ4v) is 3.97. The van der Waals surface area contributed by atoms with E-state index in [0.29, 0.717) is 12.3 Å². The third kappa shape index (κ3) is 5.15. The van der Waals surface area contributed by atoms with E-state index >= 15 is 0 Å². The van der Waals surface area contributed by atoms with Gasteiger partial charge in [0.25, 0.3) is 15.9 Å². The molecule has 3 rings (SSSR count). The molecule has 0 aromatic heterocycles. The monoisotopic (exact) mass is 428 g/mol. The van der Waals surface area contributed by atoms with Crippen molar-refractivity contribution >= 4 is 21.6 Å². The molecule has 30 heavy (non-hydrogen) atoms. The van der Waals surface area contributed by atoms with Crippen LogP contribution in [0.15, 0.2) is 77.7 Å². The molecule has 0 aliphatic rings. The Balaban J connectivity index is 1.77. The maximum absolute atomic E-state index is 13.0. The first-order valence-electron chi connectivity index (χ1n) is 9.05. The zero-order chi connectivity index (χ0) is 21.7. The number of ether oxygens (including phenoxy) is 1. The summed E-state index contributed by atoms with van der Waals surface area (Å²) in [5, 5.41) is 0. The van der Waals surface area contributed by atoms with Crippen molar-refractivity contribution < 1.29 is 22.3 Å². The van der Waals surface area contributed by atoms with Gasteiger partial charge in [0.2, 0.25) is 0 Å². The Morgan fingerprint density at radius 3 is 2.43 bits per heavy atom. The molecule has 0 atom stereocenters. The molecule has 0 spiro atoms. The van der Waals surface area contributed by atoms with Crippen LogP contribution in [0.2, 0.25) is 0 Å². The molecule has 8 heteroatoms. The first kappa shape index (κ1) is 21.3. The van der Waals surface area contributed by atoms with Crippen molar-refractivity contribution in [3.05, 3.63) is 89.7 Å². The molecule has 3 aromatic carbocycles. The summed E-state index contributed by atoms with van der Waals surface area (Å²) in [5.41, 5.74) is 1.35. The van der Waals surface area contributed by atoms with Crippen LogP contribution in [0, 0.1) is 5.82 Å². The van der Waals surface area contributed by atoms with E-state index in [1.807, 2.05) is 24.3 Å². The molecule has 0 radical (unpaired) electrons. The van der Waals surface area contributed by atoms with Crippen LogP contribution in [0.4, 0.5) is 10.1 Å². The number of hydrogen-bond acceptors (Lipinski definition) is 4. The quantitative estimate of drug-likeness (QED) is 0.619. The highest BCUT2D eigenvalue weighted by molar-refractivity contribution is 7.92. The number of rotatable bonds is 7. The summed E-state index contributed by atoms with van der Waals surface area (Å²) >= 11 is 0. The van der Waals surface area contributed by atoms with Gasteiger partial charge >= 0.3 is 0 Å². The molecule has 1 amide bonds. The minimum Gasteiger partial charge on any atom is -0.497 e. The van der Waals surface area contributed by atoms with Gasteiger partial charge < -0.3 is 9.64 Å². The van der Waals surface area contributed by atoms with Crippen molar-refractivity contribution in [3.8, 4) is 5.75 Å². The fourth-order valence-electron chi connectivity index (χ4n) is 2.87. The summed E-state index contributed by atoms with van der Waals surface area (Å²) in [6.45, 7) is 0.334. The molecule has 1 N–H and O–H groups in total. The lowest BCUT2D eigenvalue weighted by Gasteiger charge is -2.18. The lowest BCUT2D eigenvalue weighted by Crippen LogP contribution is -2.26. The topological polar surface area (TPSA) is 75.7 Å².